The molecular formula is C15H28N2S2. The Bertz CT molecular complexity index is 355. The first-order chi connectivity index (χ1) is 8.99. The number of nitrogens with one attached hydrogen (secondary N) is 1. The highest BCUT2D eigenvalue weighted by atomic mass is 32.2. The van der Waals surface area contributed by atoms with Crippen LogP contribution in [0.15, 0.2) is 5.38 Å². The Morgan fingerprint density at radius 1 is 1.42 bits per heavy atom. The van der Waals surface area contributed by atoms with Crippen molar-refractivity contribution in [3.8, 4) is 0 Å². The third-order valence-corrected chi connectivity index (χ3v) is 4.73. The molecule has 2 nitrogen and oxygen atoms in total. The van der Waals surface area contributed by atoms with Crippen LogP contribution in [0.4, 0.5) is 0 Å². The molecule has 0 saturated carbocycles. The molecule has 0 saturated heterocycles. The molecule has 0 aliphatic rings. The molecule has 1 atom stereocenters. The molecule has 1 unspecified atom stereocenters. The summed E-state index contributed by atoms with van der Waals surface area (Å²) in [5, 5.41) is 7.14. The molecule has 1 N–H and O–H groups in total. The van der Waals surface area contributed by atoms with Crippen LogP contribution in [-0.2, 0) is 5.41 Å². The van der Waals surface area contributed by atoms with E-state index in [-0.39, 0.29) is 5.41 Å². The Kier molecular flexibility index (Phi) is 7.40. The van der Waals surface area contributed by atoms with Gasteiger partial charge in [-0.05, 0) is 37.8 Å². The van der Waals surface area contributed by atoms with Gasteiger partial charge in [-0.2, -0.15) is 11.8 Å². The van der Waals surface area contributed by atoms with E-state index < -0.39 is 0 Å². The minimum Gasteiger partial charge on any atom is -0.308 e. The highest BCUT2D eigenvalue weighted by Gasteiger charge is 2.20. The van der Waals surface area contributed by atoms with Crippen molar-refractivity contribution in [2.24, 2.45) is 0 Å². The molecular weight excluding hydrogens is 272 g/mol. The molecule has 110 valence electrons. The van der Waals surface area contributed by atoms with Crippen LogP contribution in [-0.4, -0.2) is 23.5 Å². The lowest BCUT2D eigenvalue weighted by molar-refractivity contribution is 0.488. The first-order valence-electron chi connectivity index (χ1n) is 7.17. The molecule has 0 aromatic carbocycles. The average molecular weight is 301 g/mol. The Balaban J connectivity index is 2.70. The predicted molar refractivity (Wildman–Crippen MR) is 89.5 cm³/mol. The van der Waals surface area contributed by atoms with Crippen LogP contribution >= 0.6 is 23.1 Å². The second-order valence-corrected chi connectivity index (χ2v) is 7.84. The van der Waals surface area contributed by atoms with Gasteiger partial charge in [0.15, 0.2) is 0 Å². The molecule has 4 heteroatoms. The Hall–Kier alpha value is -0.0600. The number of rotatable bonds is 8. The zero-order valence-electron chi connectivity index (χ0n) is 13.0. The van der Waals surface area contributed by atoms with Gasteiger partial charge in [-0.3, -0.25) is 0 Å². The maximum atomic E-state index is 4.86. The zero-order valence-corrected chi connectivity index (χ0v) is 14.6. The molecule has 19 heavy (non-hydrogen) atoms. The van der Waals surface area contributed by atoms with Crippen molar-refractivity contribution in [3.63, 3.8) is 0 Å². The van der Waals surface area contributed by atoms with E-state index in [1.54, 1.807) is 0 Å². The van der Waals surface area contributed by atoms with E-state index in [1.165, 1.54) is 35.7 Å². The second kappa shape index (κ2) is 8.28. The van der Waals surface area contributed by atoms with Crippen LogP contribution < -0.4 is 5.32 Å². The molecule has 0 amide bonds. The van der Waals surface area contributed by atoms with Gasteiger partial charge in [0, 0.05) is 10.8 Å². The summed E-state index contributed by atoms with van der Waals surface area (Å²) in [4.78, 5) is 4.86. The Labute approximate surface area is 126 Å². The molecule has 1 rings (SSSR count). The molecule has 0 aliphatic heterocycles. The monoisotopic (exact) mass is 300 g/mol. The largest absolute Gasteiger partial charge is 0.308 e. The summed E-state index contributed by atoms with van der Waals surface area (Å²) in [6, 6.07) is 0.438. The summed E-state index contributed by atoms with van der Waals surface area (Å²) in [5.41, 5.74) is 1.38. The van der Waals surface area contributed by atoms with Gasteiger partial charge < -0.3 is 5.32 Å². The molecule has 0 fully saturated rings. The average Bonchev–Trinajstić information content (AvgIpc) is 2.83. The highest BCUT2D eigenvalue weighted by molar-refractivity contribution is 7.98. The standard InChI is InChI=1S/C15H28N2S2/c1-6-9-16-12(8-7-10-18-5)14-17-13(11-19-14)15(2,3)4/h11-12,16H,6-10H2,1-5H3. The third-order valence-electron chi connectivity index (χ3n) is 3.07. The topological polar surface area (TPSA) is 24.9 Å². The van der Waals surface area contributed by atoms with Crippen molar-refractivity contribution in [2.75, 3.05) is 18.6 Å². The van der Waals surface area contributed by atoms with Gasteiger partial charge >= 0.3 is 0 Å². The molecule has 1 heterocycles. The number of thioether (sulfide) groups is 1. The Morgan fingerprint density at radius 3 is 2.68 bits per heavy atom. The summed E-state index contributed by atoms with van der Waals surface area (Å²) in [6.45, 7) is 9.98. The summed E-state index contributed by atoms with van der Waals surface area (Å²) >= 11 is 3.74. The lowest BCUT2D eigenvalue weighted by Crippen LogP contribution is -2.22. The SMILES string of the molecule is CCCNC(CCCSC)c1nc(C(C)(C)C)cs1. The number of nitrogens with zero attached hydrogens (tertiary/aromatic N) is 1. The fraction of sp³-hybridized carbons (Fsp3) is 0.800. The maximum Gasteiger partial charge on any atom is 0.110 e. The summed E-state index contributed by atoms with van der Waals surface area (Å²) in [7, 11) is 0. The first-order valence-corrected chi connectivity index (χ1v) is 9.44. The van der Waals surface area contributed by atoms with E-state index in [2.05, 4.69) is 44.6 Å². The number of thiazole rings is 1. The van der Waals surface area contributed by atoms with Gasteiger partial charge in [0.1, 0.15) is 5.01 Å². The fourth-order valence-electron chi connectivity index (χ4n) is 1.86. The van der Waals surface area contributed by atoms with E-state index in [1.807, 2.05) is 23.1 Å². The van der Waals surface area contributed by atoms with Crippen molar-refractivity contribution >= 4 is 23.1 Å². The number of hydrogen-bond donors (Lipinski definition) is 1. The van der Waals surface area contributed by atoms with Gasteiger partial charge in [0.25, 0.3) is 0 Å². The quantitative estimate of drug-likeness (QED) is 0.709. The number of aromatic nitrogens is 1. The molecule has 1 aromatic rings. The molecule has 0 aliphatic carbocycles. The van der Waals surface area contributed by atoms with Crippen LogP contribution in [0.2, 0.25) is 0 Å². The van der Waals surface area contributed by atoms with E-state index in [0.29, 0.717) is 6.04 Å². The van der Waals surface area contributed by atoms with Crippen molar-refractivity contribution in [1.29, 1.82) is 0 Å². The second-order valence-electron chi connectivity index (χ2n) is 5.96. The van der Waals surface area contributed by atoms with E-state index in [0.717, 1.165) is 6.54 Å². The minimum atomic E-state index is 0.156. The normalized spacial score (nSPS) is 13.7. The van der Waals surface area contributed by atoms with Crippen molar-refractivity contribution in [2.45, 2.75) is 58.4 Å². The molecule has 1 aromatic heterocycles. The van der Waals surface area contributed by atoms with Gasteiger partial charge in [-0.1, -0.05) is 27.7 Å². The van der Waals surface area contributed by atoms with Crippen LogP contribution in [0.3, 0.4) is 0 Å². The lowest BCUT2D eigenvalue weighted by Gasteiger charge is -2.17. The summed E-state index contributed by atoms with van der Waals surface area (Å²) in [5.74, 6) is 1.24. The number of hydrogen-bond acceptors (Lipinski definition) is 4. The zero-order chi connectivity index (χ0) is 14.3. The van der Waals surface area contributed by atoms with Gasteiger partial charge in [-0.15, -0.1) is 11.3 Å². The Morgan fingerprint density at radius 2 is 2.16 bits per heavy atom. The van der Waals surface area contributed by atoms with Gasteiger partial charge in [0.2, 0.25) is 0 Å². The van der Waals surface area contributed by atoms with Crippen molar-refractivity contribution in [1.82, 2.24) is 10.3 Å². The van der Waals surface area contributed by atoms with Gasteiger partial charge in [0.05, 0.1) is 11.7 Å². The minimum absolute atomic E-state index is 0.156. The highest BCUT2D eigenvalue weighted by Crippen LogP contribution is 2.28. The summed E-state index contributed by atoms with van der Waals surface area (Å²) < 4.78 is 0. The maximum absolute atomic E-state index is 4.86. The van der Waals surface area contributed by atoms with E-state index >= 15 is 0 Å². The molecule has 0 bridgehead atoms. The van der Waals surface area contributed by atoms with Gasteiger partial charge in [-0.25, -0.2) is 4.98 Å². The van der Waals surface area contributed by atoms with Crippen molar-refractivity contribution in [3.05, 3.63) is 16.1 Å². The van der Waals surface area contributed by atoms with Crippen LogP contribution in [0.5, 0.6) is 0 Å². The van der Waals surface area contributed by atoms with E-state index in [9.17, 15) is 0 Å². The van der Waals surface area contributed by atoms with Crippen LogP contribution in [0.25, 0.3) is 0 Å². The first kappa shape index (κ1) is 17.0. The van der Waals surface area contributed by atoms with E-state index in [4.69, 9.17) is 4.98 Å². The van der Waals surface area contributed by atoms with Crippen LogP contribution in [0.1, 0.15) is 63.7 Å². The molecule has 0 spiro atoms. The lowest BCUT2D eigenvalue weighted by atomic mass is 9.93. The predicted octanol–water partition coefficient (Wildman–Crippen LogP) is 4.62. The van der Waals surface area contributed by atoms with Crippen LogP contribution in [0, 0.1) is 0 Å². The smallest absolute Gasteiger partial charge is 0.110 e. The molecule has 0 radical (unpaired) electrons. The third kappa shape index (κ3) is 5.84. The fourth-order valence-corrected chi connectivity index (χ4v) is 3.47. The summed E-state index contributed by atoms with van der Waals surface area (Å²) in [6.07, 6.45) is 5.80. The van der Waals surface area contributed by atoms with Crippen molar-refractivity contribution < 1.29 is 0 Å².